The van der Waals surface area contributed by atoms with E-state index in [0.717, 1.165) is 6.07 Å². The summed E-state index contributed by atoms with van der Waals surface area (Å²) in [5.74, 6) is -2.01. The Bertz CT molecular complexity index is 758. The summed E-state index contributed by atoms with van der Waals surface area (Å²) in [6, 6.07) is 10.3. The highest BCUT2D eigenvalue weighted by molar-refractivity contribution is 9.10. The summed E-state index contributed by atoms with van der Waals surface area (Å²) in [6.45, 7) is 0. The molecule has 2 aromatic carbocycles. The van der Waals surface area contributed by atoms with Crippen LogP contribution in [0.25, 0.3) is 0 Å². The van der Waals surface area contributed by atoms with Gasteiger partial charge < -0.3 is 0 Å². The summed E-state index contributed by atoms with van der Waals surface area (Å²) in [5, 5.41) is 9.93. The van der Waals surface area contributed by atoms with Crippen LogP contribution >= 0.6 is 39.1 Å². The van der Waals surface area contributed by atoms with Crippen molar-refractivity contribution in [2.75, 3.05) is 0 Å². The number of hydrogen-bond donors (Lipinski definition) is 0. The van der Waals surface area contributed by atoms with E-state index in [9.17, 15) is 14.4 Å². The zero-order valence-corrected chi connectivity index (χ0v) is 13.5. The second-order valence-electron chi connectivity index (χ2n) is 4.22. The first-order valence-electron chi connectivity index (χ1n) is 5.78. The van der Waals surface area contributed by atoms with E-state index in [1.165, 1.54) is 24.3 Å². The van der Waals surface area contributed by atoms with Crippen LogP contribution < -0.4 is 0 Å². The van der Waals surface area contributed by atoms with Crippen molar-refractivity contribution in [1.29, 1.82) is 5.26 Å². The number of Topliss-reactive ketones (excluding diaryl/α,β-unsaturated/α-hetero) is 1. The van der Waals surface area contributed by atoms with Crippen molar-refractivity contribution in [1.82, 2.24) is 0 Å². The lowest BCUT2D eigenvalue weighted by Gasteiger charge is -2.11. The molecule has 6 heteroatoms. The molecule has 21 heavy (non-hydrogen) atoms. The van der Waals surface area contributed by atoms with Crippen LogP contribution in [0.2, 0.25) is 10.0 Å². The average molecular weight is 387 g/mol. The molecule has 0 N–H and O–H groups in total. The molecule has 2 rings (SSSR count). The van der Waals surface area contributed by atoms with Gasteiger partial charge in [-0.1, -0.05) is 29.3 Å². The van der Waals surface area contributed by atoms with Crippen molar-refractivity contribution < 1.29 is 9.18 Å². The SMILES string of the molecule is N#CC(C(=O)c1ccc(F)c(Br)c1)c1ccc(Cl)cc1Cl. The molecule has 106 valence electrons. The van der Waals surface area contributed by atoms with Gasteiger partial charge in [-0.2, -0.15) is 5.26 Å². The zero-order valence-electron chi connectivity index (χ0n) is 10.4. The van der Waals surface area contributed by atoms with Crippen LogP contribution in [-0.4, -0.2) is 5.78 Å². The van der Waals surface area contributed by atoms with Gasteiger partial charge in [-0.3, -0.25) is 4.79 Å². The van der Waals surface area contributed by atoms with E-state index in [0.29, 0.717) is 10.6 Å². The Morgan fingerprint density at radius 3 is 2.52 bits per heavy atom. The number of ketones is 1. The van der Waals surface area contributed by atoms with Gasteiger partial charge in [0.1, 0.15) is 11.7 Å². The van der Waals surface area contributed by atoms with Crippen molar-refractivity contribution in [3.8, 4) is 6.07 Å². The fourth-order valence-corrected chi connectivity index (χ4v) is 2.72. The first-order chi connectivity index (χ1) is 9.93. The molecule has 0 aliphatic rings. The number of carbonyl (C=O) groups excluding carboxylic acids is 1. The van der Waals surface area contributed by atoms with Crippen LogP contribution in [0.5, 0.6) is 0 Å². The number of hydrogen-bond acceptors (Lipinski definition) is 2. The molecule has 0 fully saturated rings. The van der Waals surface area contributed by atoms with Gasteiger partial charge in [0.25, 0.3) is 0 Å². The van der Waals surface area contributed by atoms with Crippen molar-refractivity contribution in [2.24, 2.45) is 0 Å². The Morgan fingerprint density at radius 1 is 1.24 bits per heavy atom. The maximum atomic E-state index is 13.2. The summed E-state index contributed by atoms with van der Waals surface area (Å²) >= 11 is 14.8. The van der Waals surface area contributed by atoms with Crippen molar-refractivity contribution in [2.45, 2.75) is 5.92 Å². The molecule has 1 unspecified atom stereocenters. The van der Waals surface area contributed by atoms with E-state index in [-0.39, 0.29) is 15.1 Å². The van der Waals surface area contributed by atoms with Crippen LogP contribution in [0.3, 0.4) is 0 Å². The van der Waals surface area contributed by atoms with E-state index in [1.807, 2.05) is 6.07 Å². The van der Waals surface area contributed by atoms with Crippen LogP contribution in [-0.2, 0) is 0 Å². The molecule has 0 aliphatic carbocycles. The number of carbonyl (C=O) groups is 1. The number of halogens is 4. The summed E-state index contributed by atoms with van der Waals surface area (Å²) in [7, 11) is 0. The largest absolute Gasteiger partial charge is 0.292 e. The second kappa shape index (κ2) is 6.57. The fraction of sp³-hybridized carbons (Fsp3) is 0.0667. The molecular weight excluding hydrogens is 380 g/mol. The molecular formula is C15H7BrCl2FNO. The Hall–Kier alpha value is -1.41. The van der Waals surface area contributed by atoms with E-state index in [2.05, 4.69) is 15.9 Å². The first kappa shape index (κ1) is 16.0. The highest BCUT2D eigenvalue weighted by Gasteiger charge is 2.24. The quantitative estimate of drug-likeness (QED) is 0.664. The molecule has 2 aromatic rings. The summed E-state index contributed by atoms with van der Waals surface area (Å²) in [5.41, 5.74) is 0.592. The molecule has 0 amide bonds. The van der Waals surface area contributed by atoms with E-state index < -0.39 is 17.5 Å². The minimum atomic E-state index is -1.08. The van der Waals surface area contributed by atoms with Gasteiger partial charge in [0, 0.05) is 15.6 Å². The molecule has 0 aliphatic heterocycles. The number of nitrogens with zero attached hydrogens (tertiary/aromatic N) is 1. The molecule has 0 bridgehead atoms. The number of nitriles is 1. The third-order valence-electron chi connectivity index (χ3n) is 2.87. The molecule has 0 heterocycles. The van der Waals surface area contributed by atoms with Crippen LogP contribution in [0.15, 0.2) is 40.9 Å². The van der Waals surface area contributed by atoms with Gasteiger partial charge in [0.2, 0.25) is 0 Å². The molecule has 0 spiro atoms. The summed E-state index contributed by atoms with van der Waals surface area (Å²) in [6.07, 6.45) is 0. The van der Waals surface area contributed by atoms with Gasteiger partial charge in [0.05, 0.1) is 10.5 Å². The summed E-state index contributed by atoms with van der Waals surface area (Å²) < 4.78 is 13.4. The Balaban J connectivity index is 2.43. The van der Waals surface area contributed by atoms with E-state index in [1.54, 1.807) is 6.07 Å². The molecule has 2 nitrogen and oxygen atoms in total. The van der Waals surface area contributed by atoms with Crippen LogP contribution in [0, 0.1) is 17.1 Å². The minimum Gasteiger partial charge on any atom is -0.292 e. The van der Waals surface area contributed by atoms with Gasteiger partial charge in [0.15, 0.2) is 5.78 Å². The van der Waals surface area contributed by atoms with Crippen molar-refractivity contribution in [3.05, 3.63) is 67.9 Å². The Morgan fingerprint density at radius 2 is 1.95 bits per heavy atom. The molecule has 1 atom stereocenters. The summed E-state index contributed by atoms with van der Waals surface area (Å²) in [4.78, 5) is 12.4. The fourth-order valence-electron chi connectivity index (χ4n) is 1.82. The topological polar surface area (TPSA) is 40.9 Å². The highest BCUT2D eigenvalue weighted by Crippen LogP contribution is 2.30. The van der Waals surface area contributed by atoms with Gasteiger partial charge in [-0.05, 0) is 51.8 Å². The Labute approximate surface area is 139 Å². The lowest BCUT2D eigenvalue weighted by molar-refractivity contribution is 0.0979. The number of rotatable bonds is 3. The minimum absolute atomic E-state index is 0.159. The molecule has 0 aromatic heterocycles. The first-order valence-corrected chi connectivity index (χ1v) is 7.32. The lowest BCUT2D eigenvalue weighted by Crippen LogP contribution is -2.12. The zero-order chi connectivity index (χ0) is 15.6. The third-order valence-corrected chi connectivity index (χ3v) is 4.04. The average Bonchev–Trinajstić information content (AvgIpc) is 2.44. The molecule has 0 saturated heterocycles. The van der Waals surface area contributed by atoms with E-state index in [4.69, 9.17) is 23.2 Å². The monoisotopic (exact) mass is 385 g/mol. The lowest BCUT2D eigenvalue weighted by atomic mass is 9.92. The normalized spacial score (nSPS) is 11.8. The standard InChI is InChI=1S/C15H7BrCl2FNO/c16-12-5-8(1-4-14(12)19)15(21)11(7-20)10-3-2-9(17)6-13(10)18/h1-6,11H. The van der Waals surface area contributed by atoms with Crippen LogP contribution in [0.1, 0.15) is 21.8 Å². The Kier molecular flexibility index (Phi) is 5.00. The predicted molar refractivity (Wildman–Crippen MR) is 83.2 cm³/mol. The van der Waals surface area contributed by atoms with Gasteiger partial charge >= 0.3 is 0 Å². The smallest absolute Gasteiger partial charge is 0.184 e. The predicted octanol–water partition coefficient (Wildman–Crippen LogP) is 5.39. The van der Waals surface area contributed by atoms with E-state index >= 15 is 0 Å². The second-order valence-corrected chi connectivity index (χ2v) is 5.92. The van der Waals surface area contributed by atoms with Crippen molar-refractivity contribution in [3.63, 3.8) is 0 Å². The molecule has 0 radical (unpaired) electrons. The molecule has 0 saturated carbocycles. The van der Waals surface area contributed by atoms with Gasteiger partial charge in [-0.25, -0.2) is 4.39 Å². The van der Waals surface area contributed by atoms with Gasteiger partial charge in [-0.15, -0.1) is 0 Å². The number of benzene rings is 2. The van der Waals surface area contributed by atoms with Crippen molar-refractivity contribution >= 4 is 44.9 Å². The van der Waals surface area contributed by atoms with Crippen LogP contribution in [0.4, 0.5) is 4.39 Å². The maximum Gasteiger partial charge on any atom is 0.184 e. The highest BCUT2D eigenvalue weighted by atomic mass is 79.9. The maximum absolute atomic E-state index is 13.2. The third kappa shape index (κ3) is 3.44.